The minimum Gasteiger partial charge on any atom is -0.422 e. The maximum absolute atomic E-state index is 12.0. The fourth-order valence-corrected chi connectivity index (χ4v) is 3.03. The van der Waals surface area contributed by atoms with Crippen LogP contribution in [0.15, 0.2) is 52.5 Å². The van der Waals surface area contributed by atoms with Gasteiger partial charge in [-0.1, -0.05) is 62.9 Å². The van der Waals surface area contributed by atoms with Gasteiger partial charge in [0.25, 0.3) is 0 Å². The smallest absolute Gasteiger partial charge is 0.343 e. The Labute approximate surface area is 156 Å². The van der Waals surface area contributed by atoms with Gasteiger partial charge in [0.2, 0.25) is 0 Å². The number of rotatable bonds is 2. The molecule has 0 amide bonds. The van der Waals surface area contributed by atoms with Crippen LogP contribution in [-0.2, 0) is 9.53 Å². The zero-order chi connectivity index (χ0) is 16.6. The number of esters is 1. The molecule has 1 aliphatic heterocycles. The molecule has 0 N–H and O–H groups in total. The molecule has 0 aromatic heterocycles. The molecule has 0 radical (unpaired) electrons. The summed E-state index contributed by atoms with van der Waals surface area (Å²) in [4.78, 5) is 12.0. The van der Waals surface area contributed by atoms with E-state index in [1.165, 1.54) is 0 Å². The largest absolute Gasteiger partial charge is 0.422 e. The lowest BCUT2D eigenvalue weighted by molar-refractivity contribution is -0.130. The van der Waals surface area contributed by atoms with Crippen molar-refractivity contribution in [2.75, 3.05) is 0 Å². The van der Waals surface area contributed by atoms with E-state index < -0.39 is 5.97 Å². The lowest BCUT2D eigenvalue weighted by atomic mass is 10.1. The van der Waals surface area contributed by atoms with E-state index in [1.807, 2.05) is 24.3 Å². The highest BCUT2D eigenvalue weighted by molar-refractivity contribution is 9.10. The number of ether oxygens (including phenoxy) is 1. The predicted octanol–water partition coefficient (Wildman–Crippen LogP) is 6.39. The number of carbonyl (C=O) groups excluding carboxylic acids is 1. The molecule has 116 valence electrons. The van der Waals surface area contributed by atoms with Gasteiger partial charge in [0.1, 0.15) is 5.76 Å². The van der Waals surface area contributed by atoms with E-state index >= 15 is 0 Å². The van der Waals surface area contributed by atoms with Gasteiger partial charge in [-0.15, -0.1) is 0 Å². The number of hydrogen-bond acceptors (Lipinski definition) is 2. The maximum Gasteiger partial charge on any atom is 0.343 e. The Kier molecular flexibility index (Phi) is 4.83. The molecule has 3 rings (SSSR count). The number of cyclic esters (lactones) is 1. The van der Waals surface area contributed by atoms with Crippen molar-refractivity contribution in [3.8, 4) is 0 Å². The van der Waals surface area contributed by atoms with Gasteiger partial charge in [-0.25, -0.2) is 4.79 Å². The first kappa shape index (κ1) is 16.6. The molecule has 0 saturated carbocycles. The average molecular weight is 431 g/mol. The average Bonchev–Trinajstić information content (AvgIpc) is 2.86. The Hall–Kier alpha value is -1.26. The van der Waals surface area contributed by atoms with Crippen molar-refractivity contribution in [2.24, 2.45) is 0 Å². The second kappa shape index (κ2) is 6.70. The Morgan fingerprint density at radius 1 is 1.04 bits per heavy atom. The van der Waals surface area contributed by atoms with Gasteiger partial charge in [0.05, 0.1) is 15.6 Å². The Morgan fingerprint density at radius 3 is 2.43 bits per heavy atom. The summed E-state index contributed by atoms with van der Waals surface area (Å²) in [6.45, 7) is 0. The lowest BCUT2D eigenvalue weighted by Gasteiger charge is -2.03. The van der Waals surface area contributed by atoms with Crippen LogP contribution in [0.2, 0.25) is 15.1 Å². The summed E-state index contributed by atoms with van der Waals surface area (Å²) in [6.07, 6.45) is 3.27. The van der Waals surface area contributed by atoms with Gasteiger partial charge in [-0.3, -0.25) is 0 Å². The van der Waals surface area contributed by atoms with Crippen molar-refractivity contribution in [2.45, 2.75) is 0 Å². The van der Waals surface area contributed by atoms with E-state index in [4.69, 9.17) is 39.5 Å². The number of benzene rings is 2. The molecule has 0 fully saturated rings. The molecule has 0 spiro atoms. The molecule has 2 nitrogen and oxygen atoms in total. The van der Waals surface area contributed by atoms with Crippen LogP contribution in [0.1, 0.15) is 11.1 Å². The molecule has 23 heavy (non-hydrogen) atoms. The standard InChI is InChI=1S/C17H8BrCl3O2/c18-12-3-1-9(2-4-12)15-7-11(17(22)23-15)5-10-6-13(19)8-14(20)16(10)21/h1-8H/b11-5-. The van der Waals surface area contributed by atoms with Crippen LogP contribution in [0.3, 0.4) is 0 Å². The van der Waals surface area contributed by atoms with Crippen LogP contribution in [0.5, 0.6) is 0 Å². The minimum atomic E-state index is -0.449. The van der Waals surface area contributed by atoms with Gasteiger partial charge in [-0.05, 0) is 42.0 Å². The predicted molar refractivity (Wildman–Crippen MR) is 97.7 cm³/mol. The molecule has 0 bridgehead atoms. The normalized spacial score (nSPS) is 15.7. The summed E-state index contributed by atoms with van der Waals surface area (Å²) in [5, 5.41) is 1.10. The third-order valence-corrected chi connectivity index (χ3v) is 4.75. The highest BCUT2D eigenvalue weighted by Gasteiger charge is 2.22. The van der Waals surface area contributed by atoms with E-state index in [9.17, 15) is 4.79 Å². The summed E-state index contributed by atoms with van der Waals surface area (Å²) < 4.78 is 6.25. The van der Waals surface area contributed by atoms with E-state index in [1.54, 1.807) is 24.3 Å². The zero-order valence-corrected chi connectivity index (χ0v) is 15.3. The van der Waals surface area contributed by atoms with Crippen molar-refractivity contribution in [1.29, 1.82) is 0 Å². The molecule has 6 heteroatoms. The SMILES string of the molecule is O=C1OC(c2ccc(Br)cc2)=C/C1=C/c1cc(Cl)cc(Cl)c1Cl. The molecule has 0 unspecified atom stereocenters. The molecule has 1 heterocycles. The fraction of sp³-hybridized carbons (Fsp3) is 0. The van der Waals surface area contributed by atoms with Crippen LogP contribution in [0.4, 0.5) is 0 Å². The first-order valence-electron chi connectivity index (χ1n) is 6.50. The van der Waals surface area contributed by atoms with Crippen molar-refractivity contribution < 1.29 is 9.53 Å². The van der Waals surface area contributed by atoms with E-state index in [2.05, 4.69) is 15.9 Å². The summed E-state index contributed by atoms with van der Waals surface area (Å²) in [7, 11) is 0. The van der Waals surface area contributed by atoms with Gasteiger partial charge >= 0.3 is 5.97 Å². The van der Waals surface area contributed by atoms with Crippen LogP contribution in [-0.4, -0.2) is 5.97 Å². The van der Waals surface area contributed by atoms with Gasteiger partial charge < -0.3 is 4.74 Å². The van der Waals surface area contributed by atoms with Crippen LogP contribution >= 0.6 is 50.7 Å². The quantitative estimate of drug-likeness (QED) is 0.313. The van der Waals surface area contributed by atoms with Crippen molar-refractivity contribution in [1.82, 2.24) is 0 Å². The molecular formula is C17H8BrCl3O2. The lowest BCUT2D eigenvalue weighted by Crippen LogP contribution is -1.97. The molecule has 0 atom stereocenters. The number of halogens is 4. The highest BCUT2D eigenvalue weighted by Crippen LogP contribution is 2.33. The Morgan fingerprint density at radius 2 is 1.74 bits per heavy atom. The fourth-order valence-electron chi connectivity index (χ4n) is 2.09. The van der Waals surface area contributed by atoms with Gasteiger partial charge in [-0.2, -0.15) is 0 Å². The van der Waals surface area contributed by atoms with Crippen molar-refractivity contribution >= 4 is 68.5 Å². The Balaban J connectivity index is 2.00. The minimum absolute atomic E-state index is 0.328. The highest BCUT2D eigenvalue weighted by atomic mass is 79.9. The van der Waals surface area contributed by atoms with Crippen LogP contribution in [0, 0.1) is 0 Å². The molecule has 0 aliphatic carbocycles. The van der Waals surface area contributed by atoms with Gasteiger partial charge in [0.15, 0.2) is 0 Å². The third-order valence-electron chi connectivity index (χ3n) is 3.19. The maximum atomic E-state index is 12.0. The molecule has 1 aliphatic rings. The number of hydrogen-bond donors (Lipinski definition) is 0. The Bertz CT molecular complexity index is 855. The second-order valence-corrected chi connectivity index (χ2v) is 6.93. The topological polar surface area (TPSA) is 26.3 Å². The summed E-state index contributed by atoms with van der Waals surface area (Å²) >= 11 is 21.5. The molecule has 2 aromatic carbocycles. The third kappa shape index (κ3) is 3.64. The monoisotopic (exact) mass is 428 g/mol. The van der Waals surface area contributed by atoms with Crippen LogP contribution < -0.4 is 0 Å². The summed E-state index contributed by atoms with van der Waals surface area (Å²) in [5.41, 5.74) is 1.74. The first-order chi connectivity index (χ1) is 10.9. The van der Waals surface area contributed by atoms with E-state index in [-0.39, 0.29) is 0 Å². The van der Waals surface area contributed by atoms with Crippen molar-refractivity contribution in [3.63, 3.8) is 0 Å². The second-order valence-electron chi connectivity index (χ2n) is 4.80. The van der Waals surface area contributed by atoms with E-state index in [0.717, 1.165) is 10.0 Å². The first-order valence-corrected chi connectivity index (χ1v) is 8.43. The molecule has 2 aromatic rings. The van der Waals surface area contributed by atoms with Gasteiger partial charge in [0, 0.05) is 15.1 Å². The summed E-state index contributed by atoms with van der Waals surface area (Å²) in [5.74, 6) is 0.0353. The van der Waals surface area contributed by atoms with E-state index in [0.29, 0.717) is 32.0 Å². The van der Waals surface area contributed by atoms with Crippen LogP contribution in [0.25, 0.3) is 11.8 Å². The molecular weight excluding hydrogens is 422 g/mol. The summed E-state index contributed by atoms with van der Waals surface area (Å²) in [6, 6.07) is 10.6. The zero-order valence-electron chi connectivity index (χ0n) is 11.4. The van der Waals surface area contributed by atoms with Crippen molar-refractivity contribution in [3.05, 3.63) is 78.7 Å². The number of carbonyl (C=O) groups is 1. The molecule has 0 saturated heterocycles.